The van der Waals surface area contributed by atoms with Crippen molar-refractivity contribution in [3.63, 3.8) is 0 Å². The minimum absolute atomic E-state index is 0.544. The second-order valence-electron chi connectivity index (χ2n) is 5.02. The van der Waals surface area contributed by atoms with Crippen LogP contribution in [0, 0.1) is 5.41 Å². The van der Waals surface area contributed by atoms with Crippen LogP contribution >= 0.6 is 0 Å². The molecule has 1 saturated heterocycles. The van der Waals surface area contributed by atoms with Gasteiger partial charge in [-0.25, -0.2) is 0 Å². The largest absolute Gasteiger partial charge is 0.378 e. The molecule has 74 valence electrons. The Morgan fingerprint density at radius 2 is 2.15 bits per heavy atom. The summed E-state index contributed by atoms with van der Waals surface area (Å²) in [5.74, 6) is 0. The molecule has 3 rings (SSSR count). The second kappa shape index (κ2) is 2.96. The number of hydrogen-bond donors (Lipinski definition) is 1. The van der Waals surface area contributed by atoms with Crippen LogP contribution in [0.3, 0.4) is 0 Å². The topological polar surface area (TPSA) is 21.3 Å². The molecule has 3 aliphatic rings. The molecule has 3 fully saturated rings. The fourth-order valence-corrected chi connectivity index (χ4v) is 2.98. The van der Waals surface area contributed by atoms with Crippen molar-refractivity contribution in [2.45, 2.75) is 50.7 Å². The third-order valence-corrected chi connectivity index (χ3v) is 4.06. The maximum Gasteiger partial charge on any atom is 0.0644 e. The summed E-state index contributed by atoms with van der Waals surface area (Å²) in [5.41, 5.74) is 0.544. The SMILES string of the molecule is C1C[C@H]2OCC[C@@]2(CNC2CC2)C1. The maximum absolute atomic E-state index is 5.79. The molecule has 2 nitrogen and oxygen atoms in total. The molecule has 0 amide bonds. The van der Waals surface area contributed by atoms with Gasteiger partial charge in [-0.3, -0.25) is 0 Å². The molecule has 2 heteroatoms. The molecule has 13 heavy (non-hydrogen) atoms. The van der Waals surface area contributed by atoms with Gasteiger partial charge in [-0.1, -0.05) is 6.42 Å². The second-order valence-corrected chi connectivity index (χ2v) is 5.02. The molecule has 0 aromatic carbocycles. The predicted molar refractivity (Wildman–Crippen MR) is 51.7 cm³/mol. The van der Waals surface area contributed by atoms with E-state index >= 15 is 0 Å². The van der Waals surface area contributed by atoms with Crippen molar-refractivity contribution in [1.82, 2.24) is 5.32 Å². The average Bonchev–Trinajstić information content (AvgIpc) is 2.73. The minimum atomic E-state index is 0.544. The summed E-state index contributed by atoms with van der Waals surface area (Å²) < 4.78 is 5.79. The molecule has 2 saturated carbocycles. The van der Waals surface area contributed by atoms with Gasteiger partial charge in [0.25, 0.3) is 0 Å². The monoisotopic (exact) mass is 181 g/mol. The Morgan fingerprint density at radius 1 is 1.23 bits per heavy atom. The molecule has 0 unspecified atom stereocenters. The van der Waals surface area contributed by atoms with Crippen molar-refractivity contribution in [1.29, 1.82) is 0 Å². The lowest BCUT2D eigenvalue weighted by atomic mass is 9.83. The van der Waals surface area contributed by atoms with Crippen LogP contribution in [0.5, 0.6) is 0 Å². The zero-order valence-corrected chi connectivity index (χ0v) is 8.22. The fourth-order valence-electron chi connectivity index (χ4n) is 2.98. The maximum atomic E-state index is 5.79. The Bertz CT molecular complexity index is 190. The van der Waals surface area contributed by atoms with E-state index in [4.69, 9.17) is 4.74 Å². The average molecular weight is 181 g/mol. The number of nitrogens with one attached hydrogen (secondary N) is 1. The van der Waals surface area contributed by atoms with E-state index in [1.165, 1.54) is 45.1 Å². The summed E-state index contributed by atoms with van der Waals surface area (Å²) in [6.45, 7) is 2.24. The molecule has 1 aliphatic heterocycles. The van der Waals surface area contributed by atoms with Crippen LogP contribution in [0.1, 0.15) is 38.5 Å². The molecular formula is C11H19NO. The van der Waals surface area contributed by atoms with Gasteiger partial charge in [-0.2, -0.15) is 0 Å². The standard InChI is InChI=1S/C11H19NO/c1-2-10-11(5-1,6-7-13-10)8-12-9-3-4-9/h9-10,12H,1-8H2/t10-,11-/m1/s1. The number of rotatable bonds is 3. The van der Waals surface area contributed by atoms with Gasteiger partial charge < -0.3 is 10.1 Å². The molecule has 1 heterocycles. The minimum Gasteiger partial charge on any atom is -0.378 e. The summed E-state index contributed by atoms with van der Waals surface area (Å²) in [6, 6.07) is 0.858. The Morgan fingerprint density at radius 3 is 3.00 bits per heavy atom. The van der Waals surface area contributed by atoms with Gasteiger partial charge in [0.2, 0.25) is 0 Å². The third kappa shape index (κ3) is 1.40. The van der Waals surface area contributed by atoms with Crippen molar-refractivity contribution in [2.24, 2.45) is 5.41 Å². The van der Waals surface area contributed by atoms with Crippen LogP contribution in [0.15, 0.2) is 0 Å². The Labute approximate surface area is 80.0 Å². The fraction of sp³-hybridized carbons (Fsp3) is 1.00. The highest BCUT2D eigenvalue weighted by molar-refractivity contribution is 4.99. The highest BCUT2D eigenvalue weighted by Gasteiger charge is 2.47. The molecule has 0 spiro atoms. The van der Waals surface area contributed by atoms with E-state index in [0.717, 1.165) is 12.6 Å². The number of fused-ring (bicyclic) bond motifs is 1. The quantitative estimate of drug-likeness (QED) is 0.715. The van der Waals surface area contributed by atoms with Crippen LogP contribution in [0.4, 0.5) is 0 Å². The van der Waals surface area contributed by atoms with E-state index in [1.54, 1.807) is 0 Å². The first-order valence-electron chi connectivity index (χ1n) is 5.74. The first-order valence-corrected chi connectivity index (χ1v) is 5.74. The van der Waals surface area contributed by atoms with E-state index in [1.807, 2.05) is 0 Å². The molecule has 0 aromatic rings. The number of ether oxygens (including phenoxy) is 1. The Kier molecular flexibility index (Phi) is 1.88. The molecule has 2 atom stereocenters. The van der Waals surface area contributed by atoms with Crippen LogP contribution in [-0.4, -0.2) is 25.3 Å². The number of hydrogen-bond acceptors (Lipinski definition) is 2. The first-order chi connectivity index (χ1) is 6.39. The molecule has 1 N–H and O–H groups in total. The van der Waals surface area contributed by atoms with Crippen molar-refractivity contribution < 1.29 is 4.74 Å². The summed E-state index contributed by atoms with van der Waals surface area (Å²) in [7, 11) is 0. The van der Waals surface area contributed by atoms with Crippen molar-refractivity contribution in [3.8, 4) is 0 Å². The molecule has 2 aliphatic carbocycles. The van der Waals surface area contributed by atoms with E-state index in [0.29, 0.717) is 11.5 Å². The van der Waals surface area contributed by atoms with Crippen molar-refractivity contribution in [2.75, 3.05) is 13.2 Å². The Balaban J connectivity index is 1.63. The van der Waals surface area contributed by atoms with Crippen LogP contribution in [0.25, 0.3) is 0 Å². The lowest BCUT2D eigenvalue weighted by Gasteiger charge is -2.27. The van der Waals surface area contributed by atoms with Gasteiger partial charge in [0.15, 0.2) is 0 Å². The van der Waals surface area contributed by atoms with E-state index in [-0.39, 0.29) is 0 Å². The summed E-state index contributed by atoms with van der Waals surface area (Å²) in [6.07, 6.45) is 8.81. The molecule has 0 bridgehead atoms. The van der Waals surface area contributed by atoms with Crippen LogP contribution < -0.4 is 5.32 Å². The normalized spacial score (nSPS) is 43.8. The van der Waals surface area contributed by atoms with Gasteiger partial charge in [0, 0.05) is 24.6 Å². The van der Waals surface area contributed by atoms with Crippen LogP contribution in [0.2, 0.25) is 0 Å². The van der Waals surface area contributed by atoms with E-state index < -0.39 is 0 Å². The van der Waals surface area contributed by atoms with Gasteiger partial charge >= 0.3 is 0 Å². The summed E-state index contributed by atoms with van der Waals surface area (Å²) >= 11 is 0. The molecule has 0 radical (unpaired) electrons. The third-order valence-electron chi connectivity index (χ3n) is 4.06. The Hall–Kier alpha value is -0.0800. The van der Waals surface area contributed by atoms with Crippen LogP contribution in [-0.2, 0) is 4.74 Å². The van der Waals surface area contributed by atoms with E-state index in [2.05, 4.69) is 5.32 Å². The van der Waals surface area contributed by atoms with Crippen molar-refractivity contribution in [3.05, 3.63) is 0 Å². The summed E-state index contributed by atoms with van der Waals surface area (Å²) in [5, 5.41) is 3.68. The van der Waals surface area contributed by atoms with E-state index in [9.17, 15) is 0 Å². The highest BCUT2D eigenvalue weighted by atomic mass is 16.5. The van der Waals surface area contributed by atoms with Gasteiger partial charge in [0.1, 0.15) is 0 Å². The lowest BCUT2D eigenvalue weighted by molar-refractivity contribution is 0.0698. The lowest BCUT2D eigenvalue weighted by Crippen LogP contribution is -2.37. The summed E-state index contributed by atoms with van der Waals surface area (Å²) in [4.78, 5) is 0. The molecule has 0 aromatic heterocycles. The first kappa shape index (κ1) is 8.25. The van der Waals surface area contributed by atoms with Crippen molar-refractivity contribution >= 4 is 0 Å². The van der Waals surface area contributed by atoms with Gasteiger partial charge in [-0.05, 0) is 32.1 Å². The molecular weight excluding hydrogens is 162 g/mol. The van der Waals surface area contributed by atoms with Gasteiger partial charge in [-0.15, -0.1) is 0 Å². The van der Waals surface area contributed by atoms with Gasteiger partial charge in [0.05, 0.1) is 6.10 Å². The zero-order valence-electron chi connectivity index (χ0n) is 8.22. The predicted octanol–water partition coefficient (Wildman–Crippen LogP) is 1.70. The zero-order chi connectivity index (χ0) is 8.73. The highest BCUT2D eigenvalue weighted by Crippen LogP contribution is 2.47. The smallest absolute Gasteiger partial charge is 0.0644 e.